The maximum absolute atomic E-state index is 13.2. The fourth-order valence-electron chi connectivity index (χ4n) is 1.82. The van der Waals surface area contributed by atoms with Crippen molar-refractivity contribution < 1.29 is 13.6 Å². The lowest BCUT2D eigenvalue weighted by Crippen LogP contribution is -2.52. The molecule has 0 spiro atoms. The van der Waals surface area contributed by atoms with Crippen molar-refractivity contribution in [2.45, 2.75) is 32.4 Å². The smallest absolute Gasteiger partial charge is 0.237 e. The second-order valence-corrected chi connectivity index (χ2v) is 5.03. The Kier molecular flexibility index (Phi) is 4.37. The summed E-state index contributed by atoms with van der Waals surface area (Å²) < 4.78 is 18.7. The first-order valence-electron chi connectivity index (χ1n) is 6.70. The van der Waals surface area contributed by atoms with Crippen LogP contribution in [0.3, 0.4) is 0 Å². The van der Waals surface area contributed by atoms with Gasteiger partial charge < -0.3 is 10.2 Å². The highest BCUT2D eigenvalue weighted by Gasteiger charge is 2.28. The van der Waals surface area contributed by atoms with E-state index in [0.29, 0.717) is 23.6 Å². The van der Waals surface area contributed by atoms with Gasteiger partial charge in [0.2, 0.25) is 11.8 Å². The molecule has 0 aliphatic heterocycles. The van der Waals surface area contributed by atoms with E-state index in [1.165, 1.54) is 18.3 Å². The van der Waals surface area contributed by atoms with Crippen LogP contribution in [0.25, 0.3) is 11.3 Å². The molecule has 1 unspecified atom stereocenters. The summed E-state index contributed by atoms with van der Waals surface area (Å²) in [6.45, 7) is 3.86. The zero-order valence-corrected chi connectivity index (χ0v) is 12.0. The Hall–Kier alpha value is -2.21. The lowest BCUT2D eigenvalue weighted by Gasteiger charge is -2.25. The van der Waals surface area contributed by atoms with E-state index < -0.39 is 11.4 Å². The number of halogens is 1. The van der Waals surface area contributed by atoms with Crippen molar-refractivity contribution in [2.75, 3.05) is 0 Å². The van der Waals surface area contributed by atoms with Crippen LogP contribution in [-0.2, 0) is 11.3 Å². The highest BCUT2D eigenvalue weighted by molar-refractivity contribution is 5.84. The lowest BCUT2D eigenvalue weighted by molar-refractivity contribution is -0.124. The number of aromatic nitrogens is 1. The normalized spacial score (nSPS) is 13.9. The van der Waals surface area contributed by atoms with Crippen LogP contribution in [-0.4, -0.2) is 16.4 Å². The van der Waals surface area contributed by atoms with Gasteiger partial charge in [0.15, 0.2) is 5.76 Å². The van der Waals surface area contributed by atoms with Crippen molar-refractivity contribution >= 4 is 5.91 Å². The average molecular weight is 291 g/mol. The summed E-state index contributed by atoms with van der Waals surface area (Å²) in [5, 5.41) is 3.03. The molecule has 0 saturated heterocycles. The van der Waals surface area contributed by atoms with Gasteiger partial charge in [-0.1, -0.05) is 19.1 Å². The Morgan fingerprint density at radius 3 is 2.90 bits per heavy atom. The van der Waals surface area contributed by atoms with Crippen molar-refractivity contribution in [1.29, 1.82) is 0 Å². The molecule has 6 heteroatoms. The number of carbonyl (C=O) groups excluding carboxylic acids is 1. The highest BCUT2D eigenvalue weighted by atomic mass is 19.1. The largest absolute Gasteiger partial charge is 0.439 e. The minimum Gasteiger partial charge on any atom is -0.439 e. The summed E-state index contributed by atoms with van der Waals surface area (Å²) >= 11 is 0. The predicted octanol–water partition coefficient (Wildman–Crippen LogP) is 2.22. The summed E-state index contributed by atoms with van der Waals surface area (Å²) in [5.74, 6) is 0.122. The molecule has 2 rings (SSSR count). The number of amides is 1. The Morgan fingerprint density at radius 1 is 1.52 bits per heavy atom. The molecule has 112 valence electrons. The zero-order valence-electron chi connectivity index (χ0n) is 12.0. The quantitative estimate of drug-likeness (QED) is 0.855. The third-order valence-electron chi connectivity index (χ3n) is 3.54. The Morgan fingerprint density at radius 2 is 2.29 bits per heavy atom. The molecule has 0 aliphatic rings. The number of oxazole rings is 1. The van der Waals surface area contributed by atoms with Crippen molar-refractivity contribution in [3.8, 4) is 11.3 Å². The maximum Gasteiger partial charge on any atom is 0.237 e. The minimum atomic E-state index is -0.812. The Bertz CT molecular complexity index is 641. The van der Waals surface area contributed by atoms with Gasteiger partial charge in [-0.3, -0.25) is 10.1 Å². The van der Waals surface area contributed by atoms with Crippen molar-refractivity contribution in [1.82, 2.24) is 10.3 Å². The van der Waals surface area contributed by atoms with Gasteiger partial charge in [0, 0.05) is 5.56 Å². The van der Waals surface area contributed by atoms with E-state index in [-0.39, 0.29) is 12.4 Å². The average Bonchev–Trinajstić information content (AvgIpc) is 2.93. The standard InChI is InChI=1S/C15H18FN3O2/c1-3-15(2,14(17)20)19-9-13-18-8-12(21-13)10-5-4-6-11(16)7-10/h4-8,19H,3,9H2,1-2H3,(H2,17,20). The predicted molar refractivity (Wildman–Crippen MR) is 76.6 cm³/mol. The molecule has 2 aromatic rings. The van der Waals surface area contributed by atoms with Crippen LogP contribution in [0.5, 0.6) is 0 Å². The van der Waals surface area contributed by atoms with E-state index in [9.17, 15) is 9.18 Å². The molecule has 0 fully saturated rings. The van der Waals surface area contributed by atoms with Crippen molar-refractivity contribution in [2.24, 2.45) is 5.73 Å². The van der Waals surface area contributed by atoms with Crippen LogP contribution in [0.2, 0.25) is 0 Å². The summed E-state index contributed by atoms with van der Waals surface area (Å²) in [5.41, 5.74) is 5.17. The van der Waals surface area contributed by atoms with Gasteiger partial charge in [0.1, 0.15) is 5.82 Å². The number of nitrogens with two attached hydrogens (primary N) is 1. The van der Waals surface area contributed by atoms with Gasteiger partial charge in [0.25, 0.3) is 0 Å². The number of carbonyl (C=O) groups is 1. The lowest BCUT2D eigenvalue weighted by atomic mass is 9.98. The van der Waals surface area contributed by atoms with Crippen LogP contribution in [0, 0.1) is 5.82 Å². The minimum absolute atomic E-state index is 0.266. The SMILES string of the molecule is CCC(C)(NCc1ncc(-c2cccc(F)c2)o1)C(N)=O. The molecule has 0 radical (unpaired) electrons. The fourth-order valence-corrected chi connectivity index (χ4v) is 1.82. The van der Waals surface area contributed by atoms with Crippen LogP contribution in [0.1, 0.15) is 26.2 Å². The van der Waals surface area contributed by atoms with Crippen LogP contribution >= 0.6 is 0 Å². The van der Waals surface area contributed by atoms with E-state index >= 15 is 0 Å². The summed E-state index contributed by atoms with van der Waals surface area (Å²) in [6, 6.07) is 6.08. The fraction of sp³-hybridized carbons (Fsp3) is 0.333. The zero-order chi connectivity index (χ0) is 15.5. The molecule has 5 nitrogen and oxygen atoms in total. The van der Waals surface area contributed by atoms with Gasteiger partial charge in [-0.05, 0) is 25.5 Å². The number of hydrogen-bond acceptors (Lipinski definition) is 4. The summed E-state index contributed by atoms with van der Waals surface area (Å²) in [4.78, 5) is 15.5. The molecule has 0 bridgehead atoms. The molecule has 1 aromatic heterocycles. The van der Waals surface area contributed by atoms with E-state index in [0.717, 1.165) is 0 Å². The second-order valence-electron chi connectivity index (χ2n) is 5.03. The van der Waals surface area contributed by atoms with E-state index in [2.05, 4.69) is 10.3 Å². The van der Waals surface area contributed by atoms with E-state index in [4.69, 9.17) is 10.2 Å². The number of primary amides is 1. The molecule has 1 aromatic carbocycles. The number of hydrogen-bond donors (Lipinski definition) is 2. The molecule has 0 aliphatic carbocycles. The van der Waals surface area contributed by atoms with E-state index in [1.54, 1.807) is 19.1 Å². The number of benzene rings is 1. The van der Waals surface area contributed by atoms with Crippen molar-refractivity contribution in [3.63, 3.8) is 0 Å². The number of nitrogens with one attached hydrogen (secondary N) is 1. The molecular weight excluding hydrogens is 273 g/mol. The highest BCUT2D eigenvalue weighted by Crippen LogP contribution is 2.21. The van der Waals surface area contributed by atoms with Gasteiger partial charge in [0.05, 0.1) is 18.3 Å². The van der Waals surface area contributed by atoms with Crippen LogP contribution in [0.15, 0.2) is 34.9 Å². The third kappa shape index (κ3) is 3.46. The van der Waals surface area contributed by atoms with Gasteiger partial charge >= 0.3 is 0 Å². The molecule has 3 N–H and O–H groups in total. The number of rotatable bonds is 6. The Balaban J connectivity index is 2.09. The second kappa shape index (κ2) is 6.05. The van der Waals surface area contributed by atoms with Crippen molar-refractivity contribution in [3.05, 3.63) is 42.2 Å². The van der Waals surface area contributed by atoms with Gasteiger partial charge in [-0.2, -0.15) is 0 Å². The maximum atomic E-state index is 13.2. The monoisotopic (exact) mass is 291 g/mol. The molecule has 21 heavy (non-hydrogen) atoms. The first-order chi connectivity index (χ1) is 9.94. The molecule has 1 amide bonds. The molecule has 0 saturated carbocycles. The first kappa shape index (κ1) is 15.2. The van der Waals surface area contributed by atoms with E-state index in [1.807, 2.05) is 6.92 Å². The molecule has 1 heterocycles. The van der Waals surface area contributed by atoms with Crippen LogP contribution in [0.4, 0.5) is 4.39 Å². The molecule has 1 atom stereocenters. The third-order valence-corrected chi connectivity index (χ3v) is 3.54. The van der Waals surface area contributed by atoms with Gasteiger partial charge in [-0.25, -0.2) is 9.37 Å². The van der Waals surface area contributed by atoms with Gasteiger partial charge in [-0.15, -0.1) is 0 Å². The summed E-state index contributed by atoms with van der Waals surface area (Å²) in [7, 11) is 0. The first-order valence-corrected chi connectivity index (χ1v) is 6.70. The molecular formula is C15H18FN3O2. The van der Waals surface area contributed by atoms with Crippen LogP contribution < -0.4 is 11.1 Å². The Labute approximate surface area is 122 Å². The number of nitrogens with zero attached hydrogens (tertiary/aromatic N) is 1. The topological polar surface area (TPSA) is 81.2 Å². The summed E-state index contributed by atoms with van der Waals surface area (Å²) in [6.07, 6.45) is 2.08.